The van der Waals surface area contributed by atoms with E-state index in [2.05, 4.69) is 5.32 Å². The third-order valence-electron chi connectivity index (χ3n) is 5.80. The standard InChI is InChI=1S/C27H39N3O4S/c1-20(2)18-28-27(32)23(5)29(19-24-13-9-21(3)10-14-24)26(31)8-7-17-30(35(6,33)34)25-15-11-22(4)12-16-25/h9-16,20,23H,7-8,17-19H2,1-6H3,(H,28,32)/t23-/m0/s1. The van der Waals surface area contributed by atoms with Crippen molar-refractivity contribution in [2.24, 2.45) is 5.92 Å². The Morgan fingerprint density at radius 3 is 1.97 bits per heavy atom. The number of rotatable bonds is 12. The lowest BCUT2D eigenvalue weighted by molar-refractivity contribution is -0.140. The summed E-state index contributed by atoms with van der Waals surface area (Å²) in [4.78, 5) is 27.6. The number of carbonyl (C=O) groups is 2. The van der Waals surface area contributed by atoms with E-state index in [0.717, 1.165) is 16.7 Å². The van der Waals surface area contributed by atoms with Crippen molar-refractivity contribution in [3.05, 3.63) is 65.2 Å². The number of benzene rings is 2. The van der Waals surface area contributed by atoms with Gasteiger partial charge in [0.05, 0.1) is 11.9 Å². The van der Waals surface area contributed by atoms with Crippen molar-refractivity contribution in [3.63, 3.8) is 0 Å². The average molecular weight is 502 g/mol. The highest BCUT2D eigenvalue weighted by molar-refractivity contribution is 7.92. The Bertz CT molecular complexity index is 1080. The highest BCUT2D eigenvalue weighted by atomic mass is 32.2. The van der Waals surface area contributed by atoms with Crippen LogP contribution in [-0.4, -0.2) is 50.5 Å². The molecule has 0 bridgehead atoms. The molecule has 2 amide bonds. The first kappa shape index (κ1) is 28.4. The quantitative estimate of drug-likeness (QED) is 0.476. The predicted molar refractivity (Wildman–Crippen MR) is 142 cm³/mol. The van der Waals surface area contributed by atoms with E-state index in [1.807, 2.05) is 64.1 Å². The zero-order valence-corrected chi connectivity index (χ0v) is 22.6. The summed E-state index contributed by atoms with van der Waals surface area (Å²) in [6.07, 6.45) is 1.63. The van der Waals surface area contributed by atoms with Crippen LogP contribution in [0, 0.1) is 19.8 Å². The molecule has 0 saturated heterocycles. The third-order valence-corrected chi connectivity index (χ3v) is 6.99. The molecule has 0 saturated carbocycles. The number of nitrogens with one attached hydrogen (secondary N) is 1. The van der Waals surface area contributed by atoms with Crippen LogP contribution >= 0.6 is 0 Å². The summed E-state index contributed by atoms with van der Waals surface area (Å²) in [5, 5.41) is 2.91. The van der Waals surface area contributed by atoms with Gasteiger partial charge in [-0.2, -0.15) is 0 Å². The zero-order valence-electron chi connectivity index (χ0n) is 21.7. The fraction of sp³-hybridized carbons (Fsp3) is 0.481. The summed E-state index contributed by atoms with van der Waals surface area (Å²) >= 11 is 0. The first-order chi connectivity index (χ1) is 16.4. The van der Waals surface area contributed by atoms with E-state index < -0.39 is 16.1 Å². The van der Waals surface area contributed by atoms with Gasteiger partial charge in [0.25, 0.3) is 0 Å². The molecule has 35 heavy (non-hydrogen) atoms. The first-order valence-electron chi connectivity index (χ1n) is 12.1. The van der Waals surface area contributed by atoms with E-state index >= 15 is 0 Å². The molecule has 192 valence electrons. The van der Waals surface area contributed by atoms with Gasteiger partial charge in [0.1, 0.15) is 6.04 Å². The predicted octanol–water partition coefficient (Wildman–Crippen LogP) is 4.04. The Morgan fingerprint density at radius 2 is 1.46 bits per heavy atom. The van der Waals surface area contributed by atoms with Gasteiger partial charge in [0.2, 0.25) is 21.8 Å². The van der Waals surface area contributed by atoms with Crippen LogP contribution in [0.15, 0.2) is 48.5 Å². The highest BCUT2D eigenvalue weighted by Gasteiger charge is 2.26. The molecular weight excluding hydrogens is 462 g/mol. The van der Waals surface area contributed by atoms with Crippen LogP contribution in [0.1, 0.15) is 50.3 Å². The summed E-state index contributed by atoms with van der Waals surface area (Å²) in [5.41, 5.74) is 3.66. The van der Waals surface area contributed by atoms with Crippen molar-refractivity contribution in [1.82, 2.24) is 10.2 Å². The summed E-state index contributed by atoms with van der Waals surface area (Å²) in [7, 11) is -3.50. The minimum Gasteiger partial charge on any atom is -0.354 e. The minimum atomic E-state index is -3.50. The Morgan fingerprint density at radius 1 is 0.914 bits per heavy atom. The Balaban J connectivity index is 2.14. The van der Waals surface area contributed by atoms with Crippen molar-refractivity contribution in [1.29, 1.82) is 0 Å². The number of nitrogens with zero attached hydrogens (tertiary/aromatic N) is 2. The monoisotopic (exact) mass is 501 g/mol. The topological polar surface area (TPSA) is 86.8 Å². The molecule has 0 aliphatic rings. The van der Waals surface area contributed by atoms with Crippen molar-refractivity contribution in [2.75, 3.05) is 23.7 Å². The third kappa shape index (κ3) is 9.02. The van der Waals surface area contributed by atoms with Crippen LogP contribution in [0.2, 0.25) is 0 Å². The molecule has 0 aliphatic heterocycles. The molecule has 1 atom stereocenters. The molecule has 2 rings (SSSR count). The van der Waals surface area contributed by atoms with Gasteiger partial charge in [-0.15, -0.1) is 0 Å². The lowest BCUT2D eigenvalue weighted by atomic mass is 10.1. The summed E-state index contributed by atoms with van der Waals surface area (Å²) in [6.45, 7) is 10.7. The molecule has 1 N–H and O–H groups in total. The fourth-order valence-corrected chi connectivity index (χ4v) is 4.61. The van der Waals surface area contributed by atoms with E-state index in [1.54, 1.807) is 24.0 Å². The second kappa shape index (κ2) is 12.7. The van der Waals surface area contributed by atoms with E-state index in [0.29, 0.717) is 31.1 Å². The van der Waals surface area contributed by atoms with Gasteiger partial charge < -0.3 is 10.2 Å². The largest absolute Gasteiger partial charge is 0.354 e. The van der Waals surface area contributed by atoms with Crippen LogP contribution in [0.4, 0.5) is 5.69 Å². The number of aryl methyl sites for hydroxylation is 2. The second-order valence-electron chi connectivity index (χ2n) is 9.60. The summed E-state index contributed by atoms with van der Waals surface area (Å²) in [5.74, 6) is -0.0807. The normalized spacial score (nSPS) is 12.3. The van der Waals surface area contributed by atoms with Gasteiger partial charge in [0, 0.05) is 26.1 Å². The number of amides is 2. The van der Waals surface area contributed by atoms with Gasteiger partial charge in [-0.05, 0) is 50.8 Å². The Kier molecular flexibility index (Phi) is 10.3. The molecule has 0 unspecified atom stereocenters. The maximum absolute atomic E-state index is 13.3. The van der Waals surface area contributed by atoms with Gasteiger partial charge in [-0.3, -0.25) is 13.9 Å². The highest BCUT2D eigenvalue weighted by Crippen LogP contribution is 2.20. The van der Waals surface area contributed by atoms with E-state index in [1.165, 1.54) is 10.6 Å². The van der Waals surface area contributed by atoms with E-state index in [-0.39, 0.29) is 24.8 Å². The molecular formula is C27H39N3O4S. The SMILES string of the molecule is Cc1ccc(CN(C(=O)CCCN(c2ccc(C)cc2)S(C)(=O)=O)[C@@H](C)C(=O)NCC(C)C)cc1. The Hall–Kier alpha value is -2.87. The van der Waals surface area contributed by atoms with Crippen molar-refractivity contribution < 1.29 is 18.0 Å². The first-order valence-corrected chi connectivity index (χ1v) is 13.9. The molecule has 0 heterocycles. The van der Waals surface area contributed by atoms with Crippen LogP contribution in [-0.2, 0) is 26.2 Å². The molecule has 0 aliphatic carbocycles. The molecule has 2 aromatic rings. The number of sulfonamides is 1. The molecule has 0 spiro atoms. The summed E-state index contributed by atoms with van der Waals surface area (Å²) < 4.78 is 26.1. The second-order valence-corrected chi connectivity index (χ2v) is 11.5. The van der Waals surface area contributed by atoms with Crippen LogP contribution in [0.25, 0.3) is 0 Å². The maximum Gasteiger partial charge on any atom is 0.242 e. The van der Waals surface area contributed by atoms with E-state index in [9.17, 15) is 18.0 Å². The Labute approximate surface area is 210 Å². The molecule has 7 nitrogen and oxygen atoms in total. The van der Waals surface area contributed by atoms with Crippen LogP contribution < -0.4 is 9.62 Å². The van der Waals surface area contributed by atoms with Crippen molar-refractivity contribution in [2.45, 2.75) is 60.0 Å². The van der Waals surface area contributed by atoms with Crippen LogP contribution in [0.3, 0.4) is 0 Å². The number of carbonyl (C=O) groups excluding carboxylic acids is 2. The molecule has 0 aromatic heterocycles. The molecule has 0 fully saturated rings. The van der Waals surface area contributed by atoms with Crippen molar-refractivity contribution in [3.8, 4) is 0 Å². The minimum absolute atomic E-state index is 0.130. The number of anilines is 1. The maximum atomic E-state index is 13.3. The zero-order chi connectivity index (χ0) is 26.2. The lowest BCUT2D eigenvalue weighted by Crippen LogP contribution is -2.48. The smallest absolute Gasteiger partial charge is 0.242 e. The molecule has 2 aromatic carbocycles. The lowest BCUT2D eigenvalue weighted by Gasteiger charge is -2.29. The molecule has 8 heteroatoms. The summed E-state index contributed by atoms with van der Waals surface area (Å²) in [6, 6.07) is 14.5. The number of hydrogen-bond acceptors (Lipinski definition) is 4. The van der Waals surface area contributed by atoms with Gasteiger partial charge in [-0.1, -0.05) is 61.4 Å². The molecule has 0 radical (unpaired) electrons. The van der Waals surface area contributed by atoms with E-state index in [4.69, 9.17) is 0 Å². The fourth-order valence-electron chi connectivity index (χ4n) is 3.64. The van der Waals surface area contributed by atoms with Gasteiger partial charge in [0.15, 0.2) is 0 Å². The average Bonchev–Trinajstić information content (AvgIpc) is 2.79. The van der Waals surface area contributed by atoms with Gasteiger partial charge in [-0.25, -0.2) is 8.42 Å². The number of hydrogen-bond donors (Lipinski definition) is 1. The van der Waals surface area contributed by atoms with Crippen LogP contribution in [0.5, 0.6) is 0 Å². The van der Waals surface area contributed by atoms with Gasteiger partial charge >= 0.3 is 0 Å². The van der Waals surface area contributed by atoms with Crippen molar-refractivity contribution >= 4 is 27.5 Å².